The molecule has 1 aromatic heterocycles. The monoisotopic (exact) mass is 296 g/mol. The second-order valence-electron chi connectivity index (χ2n) is 5.40. The summed E-state index contributed by atoms with van der Waals surface area (Å²) < 4.78 is 0. The molecule has 0 spiro atoms. The summed E-state index contributed by atoms with van der Waals surface area (Å²) in [5.41, 5.74) is 0.790. The van der Waals surface area contributed by atoms with Crippen molar-refractivity contribution in [3.63, 3.8) is 0 Å². The van der Waals surface area contributed by atoms with Crippen LogP contribution in [0.3, 0.4) is 0 Å². The van der Waals surface area contributed by atoms with Crippen LogP contribution in [0.2, 0.25) is 0 Å². The van der Waals surface area contributed by atoms with Gasteiger partial charge in [0.25, 0.3) is 5.91 Å². The predicted octanol–water partition coefficient (Wildman–Crippen LogP) is 2.33. The molecule has 0 bridgehead atoms. The molecule has 1 N–H and O–H groups in total. The highest BCUT2D eigenvalue weighted by atomic mass is 32.1. The maximum absolute atomic E-state index is 12.4. The highest BCUT2D eigenvalue weighted by molar-refractivity contribution is 7.13. The van der Waals surface area contributed by atoms with Gasteiger partial charge in [-0.15, -0.1) is 11.3 Å². The van der Waals surface area contributed by atoms with Crippen molar-refractivity contribution >= 4 is 23.2 Å². The Labute approximate surface area is 122 Å². The van der Waals surface area contributed by atoms with E-state index in [-0.39, 0.29) is 17.7 Å². The second-order valence-corrected chi connectivity index (χ2v) is 6.61. The molecule has 1 amide bonds. The molecule has 20 heavy (non-hydrogen) atoms. The van der Waals surface area contributed by atoms with E-state index in [4.69, 9.17) is 5.11 Å². The van der Waals surface area contributed by atoms with Gasteiger partial charge in [0.1, 0.15) is 4.88 Å². The Morgan fingerprint density at radius 2 is 1.95 bits per heavy atom. The Bertz CT molecular complexity index is 518. The molecule has 5 nitrogen and oxygen atoms in total. The zero-order chi connectivity index (χ0) is 14.9. The summed E-state index contributed by atoms with van der Waals surface area (Å²) in [5.74, 6) is -0.876. The van der Waals surface area contributed by atoms with Crippen LogP contribution in [-0.2, 0) is 4.79 Å². The molecule has 0 unspecified atom stereocenters. The lowest BCUT2D eigenvalue weighted by Crippen LogP contribution is -2.40. The van der Waals surface area contributed by atoms with Gasteiger partial charge >= 0.3 is 5.97 Å². The largest absolute Gasteiger partial charge is 0.481 e. The van der Waals surface area contributed by atoms with Crippen molar-refractivity contribution in [2.75, 3.05) is 13.1 Å². The van der Waals surface area contributed by atoms with Crippen LogP contribution in [0, 0.1) is 25.7 Å². The summed E-state index contributed by atoms with van der Waals surface area (Å²) in [6.45, 7) is 6.78. The van der Waals surface area contributed by atoms with E-state index in [1.54, 1.807) is 6.92 Å². The Morgan fingerprint density at radius 3 is 2.40 bits per heavy atom. The number of nitrogens with zero attached hydrogens (tertiary/aromatic N) is 2. The highest BCUT2D eigenvalue weighted by Gasteiger charge is 2.30. The van der Waals surface area contributed by atoms with Gasteiger partial charge in [0.2, 0.25) is 0 Å². The number of carboxylic acid groups (broad SMARTS) is 1. The van der Waals surface area contributed by atoms with Crippen LogP contribution in [-0.4, -0.2) is 40.0 Å². The van der Waals surface area contributed by atoms with E-state index in [1.165, 1.54) is 11.3 Å². The Balaban J connectivity index is 1.99. The van der Waals surface area contributed by atoms with Crippen LogP contribution >= 0.6 is 11.3 Å². The van der Waals surface area contributed by atoms with Crippen molar-refractivity contribution in [1.29, 1.82) is 0 Å². The molecule has 2 heterocycles. The molecule has 2 rings (SSSR count). The van der Waals surface area contributed by atoms with E-state index in [9.17, 15) is 9.59 Å². The van der Waals surface area contributed by atoms with Crippen molar-refractivity contribution in [3.8, 4) is 0 Å². The standard InChI is InChI=1S/C14H20N2O3S/c1-8(14(18)19)11-4-6-16(7-5-11)13(17)12-9(2)15-10(3)20-12/h8,11H,4-7H2,1-3H3,(H,18,19)/t8-/m0/s1. The first-order valence-corrected chi connectivity index (χ1v) is 7.68. The Kier molecular flexibility index (Phi) is 4.42. The maximum Gasteiger partial charge on any atom is 0.306 e. The van der Waals surface area contributed by atoms with E-state index >= 15 is 0 Å². The van der Waals surface area contributed by atoms with E-state index in [0.29, 0.717) is 18.0 Å². The van der Waals surface area contributed by atoms with Crippen LogP contribution in [0.15, 0.2) is 0 Å². The Morgan fingerprint density at radius 1 is 1.35 bits per heavy atom. The van der Waals surface area contributed by atoms with Crippen LogP contribution in [0.25, 0.3) is 0 Å². The van der Waals surface area contributed by atoms with Crippen LogP contribution < -0.4 is 0 Å². The van der Waals surface area contributed by atoms with Crippen molar-refractivity contribution in [2.45, 2.75) is 33.6 Å². The number of carbonyl (C=O) groups excluding carboxylic acids is 1. The Hall–Kier alpha value is -1.43. The quantitative estimate of drug-likeness (QED) is 0.929. The third kappa shape index (κ3) is 3.00. The molecule has 0 aromatic carbocycles. The molecule has 1 saturated heterocycles. The number of rotatable bonds is 3. The third-order valence-electron chi connectivity index (χ3n) is 4.02. The first-order valence-electron chi connectivity index (χ1n) is 6.86. The van der Waals surface area contributed by atoms with Crippen LogP contribution in [0.4, 0.5) is 0 Å². The van der Waals surface area contributed by atoms with Crippen molar-refractivity contribution in [2.24, 2.45) is 11.8 Å². The zero-order valence-corrected chi connectivity index (χ0v) is 12.9. The van der Waals surface area contributed by atoms with E-state index in [2.05, 4.69) is 4.98 Å². The minimum absolute atomic E-state index is 0.0366. The predicted molar refractivity (Wildman–Crippen MR) is 77.0 cm³/mol. The summed E-state index contributed by atoms with van der Waals surface area (Å²) in [6.07, 6.45) is 1.52. The molecule has 0 radical (unpaired) electrons. The van der Waals surface area contributed by atoms with Gasteiger partial charge in [-0.1, -0.05) is 6.92 Å². The van der Waals surface area contributed by atoms with Gasteiger partial charge in [0, 0.05) is 13.1 Å². The average Bonchev–Trinajstić information content (AvgIpc) is 2.76. The summed E-state index contributed by atoms with van der Waals surface area (Å²) in [4.78, 5) is 30.2. The van der Waals surface area contributed by atoms with Crippen LogP contribution in [0.1, 0.15) is 40.1 Å². The van der Waals surface area contributed by atoms with Gasteiger partial charge in [-0.25, -0.2) is 4.98 Å². The number of piperidine rings is 1. The number of aromatic nitrogens is 1. The van der Waals surface area contributed by atoms with Crippen molar-refractivity contribution in [1.82, 2.24) is 9.88 Å². The summed E-state index contributed by atoms with van der Waals surface area (Å²) in [7, 11) is 0. The molecule has 0 aliphatic carbocycles. The number of hydrogen-bond acceptors (Lipinski definition) is 4. The average molecular weight is 296 g/mol. The van der Waals surface area contributed by atoms with E-state index in [0.717, 1.165) is 23.5 Å². The normalized spacial score (nSPS) is 18.1. The molecule has 1 atom stereocenters. The van der Waals surface area contributed by atoms with Gasteiger partial charge in [0.05, 0.1) is 16.6 Å². The summed E-state index contributed by atoms with van der Waals surface area (Å²) >= 11 is 1.43. The SMILES string of the molecule is Cc1nc(C)c(C(=O)N2CCC([C@H](C)C(=O)O)CC2)s1. The first kappa shape index (κ1) is 15.0. The fourth-order valence-electron chi connectivity index (χ4n) is 2.68. The van der Waals surface area contributed by atoms with Crippen molar-refractivity contribution in [3.05, 3.63) is 15.6 Å². The summed E-state index contributed by atoms with van der Waals surface area (Å²) in [6, 6.07) is 0. The van der Waals surface area contributed by atoms with E-state index in [1.807, 2.05) is 18.7 Å². The fourth-order valence-corrected chi connectivity index (χ4v) is 3.57. The van der Waals surface area contributed by atoms with Gasteiger partial charge < -0.3 is 10.0 Å². The topological polar surface area (TPSA) is 70.5 Å². The molecule has 0 saturated carbocycles. The number of aryl methyl sites for hydroxylation is 2. The molecule has 1 aromatic rings. The lowest BCUT2D eigenvalue weighted by Gasteiger charge is -2.33. The highest BCUT2D eigenvalue weighted by Crippen LogP contribution is 2.27. The summed E-state index contributed by atoms with van der Waals surface area (Å²) in [5, 5.41) is 9.94. The molecule has 1 fully saturated rings. The second kappa shape index (κ2) is 5.91. The lowest BCUT2D eigenvalue weighted by molar-refractivity contribution is -0.143. The van der Waals surface area contributed by atoms with Gasteiger partial charge in [0.15, 0.2) is 0 Å². The number of thiazole rings is 1. The number of amides is 1. The zero-order valence-electron chi connectivity index (χ0n) is 12.0. The van der Waals surface area contributed by atoms with E-state index < -0.39 is 5.97 Å². The molecule has 1 aliphatic rings. The molecular formula is C14H20N2O3S. The maximum atomic E-state index is 12.4. The minimum atomic E-state index is -0.747. The molecule has 1 aliphatic heterocycles. The first-order chi connectivity index (χ1) is 9.40. The molecular weight excluding hydrogens is 276 g/mol. The molecule has 110 valence electrons. The van der Waals surface area contributed by atoms with Gasteiger partial charge in [-0.3, -0.25) is 9.59 Å². The fraction of sp³-hybridized carbons (Fsp3) is 0.643. The number of likely N-dealkylation sites (tertiary alicyclic amines) is 1. The smallest absolute Gasteiger partial charge is 0.306 e. The number of hydrogen-bond donors (Lipinski definition) is 1. The number of aliphatic carboxylic acids is 1. The number of carboxylic acids is 1. The van der Waals surface area contributed by atoms with Gasteiger partial charge in [-0.05, 0) is 32.6 Å². The third-order valence-corrected chi connectivity index (χ3v) is 5.08. The number of carbonyl (C=O) groups is 2. The van der Waals surface area contributed by atoms with Crippen molar-refractivity contribution < 1.29 is 14.7 Å². The molecule has 6 heteroatoms. The minimum Gasteiger partial charge on any atom is -0.481 e. The van der Waals surface area contributed by atoms with Crippen LogP contribution in [0.5, 0.6) is 0 Å². The lowest BCUT2D eigenvalue weighted by atomic mass is 9.85. The van der Waals surface area contributed by atoms with Gasteiger partial charge in [-0.2, -0.15) is 0 Å².